The number of halogens is 2. The van der Waals surface area contributed by atoms with Crippen molar-refractivity contribution in [2.45, 2.75) is 13.5 Å². The second-order valence-corrected chi connectivity index (χ2v) is 7.57. The molecule has 0 N–H and O–H groups in total. The summed E-state index contributed by atoms with van der Waals surface area (Å²) in [6, 6.07) is 13.5. The molecule has 0 saturated carbocycles. The molecule has 2 heterocycles. The molecule has 0 spiro atoms. The van der Waals surface area contributed by atoms with Gasteiger partial charge in [0.1, 0.15) is 11.5 Å². The highest BCUT2D eigenvalue weighted by molar-refractivity contribution is 6.36. The molecule has 0 bridgehead atoms. The number of benzene rings is 2. The summed E-state index contributed by atoms with van der Waals surface area (Å²) in [5.74, 6) is 0.870. The molecule has 142 valence electrons. The van der Waals surface area contributed by atoms with E-state index in [1.165, 1.54) is 0 Å². The van der Waals surface area contributed by atoms with Crippen LogP contribution >= 0.6 is 23.2 Å². The largest absolute Gasteiger partial charge is 0.303 e. The van der Waals surface area contributed by atoms with Crippen LogP contribution in [0.25, 0.3) is 5.69 Å². The van der Waals surface area contributed by atoms with E-state index in [0.29, 0.717) is 16.6 Å². The van der Waals surface area contributed by atoms with Crippen LogP contribution < -0.4 is 0 Å². The third-order valence-electron chi connectivity index (χ3n) is 4.55. The van der Waals surface area contributed by atoms with Crippen LogP contribution in [0.3, 0.4) is 0 Å². The van der Waals surface area contributed by atoms with E-state index < -0.39 is 0 Å². The lowest BCUT2D eigenvalue weighted by atomic mass is 10.0. The van der Waals surface area contributed by atoms with Crippen molar-refractivity contribution in [2.24, 2.45) is 10.1 Å². The van der Waals surface area contributed by atoms with Gasteiger partial charge in [0.25, 0.3) is 0 Å². The number of imidazole rings is 1. The van der Waals surface area contributed by atoms with Crippen LogP contribution in [-0.4, -0.2) is 40.6 Å². The van der Waals surface area contributed by atoms with Crippen molar-refractivity contribution in [3.05, 3.63) is 80.8 Å². The van der Waals surface area contributed by atoms with Crippen LogP contribution in [0.1, 0.15) is 28.3 Å². The summed E-state index contributed by atoms with van der Waals surface area (Å²) < 4.78 is 2.12. The van der Waals surface area contributed by atoms with Crippen LogP contribution in [0.4, 0.5) is 0 Å². The van der Waals surface area contributed by atoms with Crippen molar-refractivity contribution in [3.8, 4) is 5.69 Å². The SMILES string of the molecule is Cc1nc(C=NN(C)C)c2n1-c1ccc(Cl)cc1C(c1ccccc1Cl)=NC2. The number of aliphatic imine (C=N–C) groups is 1. The van der Waals surface area contributed by atoms with E-state index in [4.69, 9.17) is 33.2 Å². The Bertz CT molecular complexity index is 1110. The van der Waals surface area contributed by atoms with Crippen molar-refractivity contribution >= 4 is 35.1 Å². The fraction of sp³-hybridized carbons (Fsp3) is 0.190. The molecule has 1 aliphatic heterocycles. The van der Waals surface area contributed by atoms with Gasteiger partial charge in [-0.25, -0.2) is 4.98 Å². The van der Waals surface area contributed by atoms with Crippen molar-refractivity contribution < 1.29 is 0 Å². The average molecular weight is 412 g/mol. The third kappa shape index (κ3) is 3.32. The molecule has 0 aliphatic carbocycles. The maximum absolute atomic E-state index is 6.49. The number of fused-ring (bicyclic) bond motifs is 3. The Morgan fingerprint density at radius 1 is 1.11 bits per heavy atom. The number of hydrazone groups is 1. The Morgan fingerprint density at radius 2 is 1.89 bits per heavy atom. The first-order chi connectivity index (χ1) is 13.5. The van der Waals surface area contributed by atoms with Gasteiger partial charge in [0.05, 0.1) is 29.9 Å². The molecule has 0 atom stereocenters. The lowest BCUT2D eigenvalue weighted by Gasteiger charge is -2.14. The molecule has 0 amide bonds. The van der Waals surface area contributed by atoms with E-state index in [-0.39, 0.29) is 0 Å². The number of nitrogens with zero attached hydrogens (tertiary/aromatic N) is 5. The van der Waals surface area contributed by atoms with E-state index in [1.54, 1.807) is 11.2 Å². The second-order valence-electron chi connectivity index (χ2n) is 6.72. The van der Waals surface area contributed by atoms with Gasteiger partial charge in [0.2, 0.25) is 0 Å². The predicted molar refractivity (Wildman–Crippen MR) is 115 cm³/mol. The minimum atomic E-state index is 0.461. The number of aromatic nitrogens is 2. The average Bonchev–Trinajstić information content (AvgIpc) is 2.87. The molecule has 2 aromatic carbocycles. The Hall–Kier alpha value is -2.63. The summed E-state index contributed by atoms with van der Waals surface area (Å²) in [5.41, 5.74) is 5.39. The van der Waals surface area contributed by atoms with Crippen molar-refractivity contribution in [3.63, 3.8) is 0 Å². The first kappa shape index (κ1) is 18.7. The van der Waals surface area contributed by atoms with Crippen molar-refractivity contribution in [2.75, 3.05) is 14.1 Å². The highest BCUT2D eigenvalue weighted by Gasteiger charge is 2.24. The van der Waals surface area contributed by atoms with E-state index >= 15 is 0 Å². The molecular weight excluding hydrogens is 393 g/mol. The molecule has 28 heavy (non-hydrogen) atoms. The summed E-state index contributed by atoms with van der Waals surface area (Å²) in [4.78, 5) is 9.62. The van der Waals surface area contributed by atoms with Crippen molar-refractivity contribution in [1.82, 2.24) is 14.6 Å². The first-order valence-electron chi connectivity index (χ1n) is 8.85. The highest BCUT2D eigenvalue weighted by atomic mass is 35.5. The zero-order chi connectivity index (χ0) is 19.8. The molecule has 4 rings (SSSR count). The monoisotopic (exact) mass is 411 g/mol. The van der Waals surface area contributed by atoms with Gasteiger partial charge in [-0.3, -0.25) is 9.56 Å². The standard InChI is InChI=1S/C21H19Cl2N5/c1-13-26-18(11-25-27(2)3)20-12-24-21(15-6-4-5-7-17(15)23)16-10-14(22)8-9-19(16)28(13)20/h4-11H,12H2,1-3H3. The van der Waals surface area contributed by atoms with Crippen LogP contribution in [0.5, 0.6) is 0 Å². The normalized spacial score (nSPS) is 13.1. The second kappa shape index (κ2) is 7.41. The Kier molecular flexibility index (Phi) is 4.96. The van der Waals surface area contributed by atoms with E-state index in [9.17, 15) is 0 Å². The predicted octanol–water partition coefficient (Wildman–Crippen LogP) is 4.73. The molecule has 0 radical (unpaired) electrons. The summed E-state index contributed by atoms with van der Waals surface area (Å²) >= 11 is 12.8. The van der Waals surface area contributed by atoms with Gasteiger partial charge in [0.15, 0.2) is 0 Å². The van der Waals surface area contributed by atoms with E-state index in [1.807, 2.05) is 63.5 Å². The van der Waals surface area contributed by atoms with Gasteiger partial charge in [-0.1, -0.05) is 41.4 Å². The minimum absolute atomic E-state index is 0.461. The molecule has 1 aliphatic rings. The number of aryl methyl sites for hydroxylation is 1. The summed E-state index contributed by atoms with van der Waals surface area (Å²) in [7, 11) is 3.76. The molecular formula is C21H19Cl2N5. The lowest BCUT2D eigenvalue weighted by Crippen LogP contribution is -2.08. The maximum atomic E-state index is 6.49. The van der Waals surface area contributed by atoms with Crippen molar-refractivity contribution in [1.29, 1.82) is 0 Å². The van der Waals surface area contributed by atoms with Gasteiger partial charge >= 0.3 is 0 Å². The molecule has 0 unspecified atom stereocenters. The van der Waals surface area contributed by atoms with Gasteiger partial charge in [-0.15, -0.1) is 0 Å². The van der Waals surface area contributed by atoms with Gasteiger partial charge in [-0.2, -0.15) is 5.10 Å². The number of hydrogen-bond donors (Lipinski definition) is 0. The molecule has 3 aromatic rings. The Balaban J connectivity index is 1.97. The summed E-state index contributed by atoms with van der Waals surface area (Å²) in [5, 5.41) is 7.39. The quantitative estimate of drug-likeness (QED) is 0.461. The fourth-order valence-electron chi connectivity index (χ4n) is 3.36. The number of hydrogen-bond acceptors (Lipinski definition) is 4. The molecule has 0 fully saturated rings. The van der Waals surface area contributed by atoms with Gasteiger partial charge < -0.3 is 5.01 Å². The number of rotatable bonds is 3. The topological polar surface area (TPSA) is 45.8 Å². The van der Waals surface area contributed by atoms with Crippen LogP contribution in [0.15, 0.2) is 52.6 Å². The Labute approximate surface area is 173 Å². The molecule has 5 nitrogen and oxygen atoms in total. The first-order valence-corrected chi connectivity index (χ1v) is 9.60. The highest BCUT2D eigenvalue weighted by Crippen LogP contribution is 2.31. The molecule has 7 heteroatoms. The minimum Gasteiger partial charge on any atom is -0.303 e. The Morgan fingerprint density at radius 3 is 2.64 bits per heavy atom. The molecule has 1 aromatic heterocycles. The third-order valence-corrected chi connectivity index (χ3v) is 5.12. The lowest BCUT2D eigenvalue weighted by molar-refractivity contribution is 0.440. The van der Waals surface area contributed by atoms with Crippen LogP contribution in [0.2, 0.25) is 10.0 Å². The summed E-state index contributed by atoms with van der Waals surface area (Å²) in [6.45, 7) is 2.44. The van der Waals surface area contributed by atoms with Crippen LogP contribution in [0, 0.1) is 6.92 Å². The van der Waals surface area contributed by atoms with Crippen LogP contribution in [-0.2, 0) is 6.54 Å². The molecule has 0 saturated heterocycles. The smallest absolute Gasteiger partial charge is 0.111 e. The van der Waals surface area contributed by atoms with E-state index in [2.05, 4.69) is 9.67 Å². The zero-order valence-electron chi connectivity index (χ0n) is 15.8. The van der Waals surface area contributed by atoms with E-state index in [0.717, 1.165) is 39.7 Å². The van der Waals surface area contributed by atoms with Gasteiger partial charge in [-0.05, 0) is 31.2 Å². The fourth-order valence-corrected chi connectivity index (χ4v) is 3.76. The summed E-state index contributed by atoms with van der Waals surface area (Å²) in [6.07, 6.45) is 1.77. The zero-order valence-corrected chi connectivity index (χ0v) is 17.3. The van der Waals surface area contributed by atoms with Gasteiger partial charge in [0, 0.05) is 35.3 Å². The maximum Gasteiger partial charge on any atom is 0.111 e.